The maximum absolute atomic E-state index is 12.3. The Kier molecular flexibility index (Phi) is 5.80. The van der Waals surface area contributed by atoms with Crippen LogP contribution in [0.2, 0.25) is 5.02 Å². The molecular formula is C18H20ClN3O2. The lowest BCUT2D eigenvalue weighted by Gasteiger charge is -2.35. The number of morpholine rings is 1. The first-order valence-electron chi connectivity index (χ1n) is 7.99. The molecular weight excluding hydrogens is 326 g/mol. The van der Waals surface area contributed by atoms with Crippen LogP contribution >= 0.6 is 11.6 Å². The van der Waals surface area contributed by atoms with Gasteiger partial charge < -0.3 is 10.1 Å². The number of hydrogen-bond donors (Lipinski definition) is 1. The SMILES string of the molecule is O=C(NC[C@H](c1ccc(Cl)cc1)N1CCOCC1)c1ccncc1. The van der Waals surface area contributed by atoms with Crippen molar-refractivity contribution >= 4 is 17.5 Å². The first-order valence-corrected chi connectivity index (χ1v) is 8.37. The van der Waals surface area contributed by atoms with Gasteiger partial charge in [-0.2, -0.15) is 0 Å². The molecule has 1 amide bonds. The van der Waals surface area contributed by atoms with Crippen molar-refractivity contribution in [3.05, 3.63) is 64.9 Å². The van der Waals surface area contributed by atoms with Crippen LogP contribution in [0, 0.1) is 0 Å². The molecule has 126 valence electrons. The normalized spacial score (nSPS) is 16.5. The highest BCUT2D eigenvalue weighted by atomic mass is 35.5. The molecule has 1 N–H and O–H groups in total. The summed E-state index contributed by atoms with van der Waals surface area (Å²) < 4.78 is 5.44. The Morgan fingerprint density at radius 2 is 1.83 bits per heavy atom. The van der Waals surface area contributed by atoms with E-state index in [1.165, 1.54) is 0 Å². The van der Waals surface area contributed by atoms with Crippen molar-refractivity contribution in [3.8, 4) is 0 Å². The van der Waals surface area contributed by atoms with E-state index in [1.807, 2.05) is 24.3 Å². The summed E-state index contributed by atoms with van der Waals surface area (Å²) in [6, 6.07) is 11.3. The monoisotopic (exact) mass is 345 g/mol. The van der Waals surface area contributed by atoms with E-state index < -0.39 is 0 Å². The smallest absolute Gasteiger partial charge is 0.251 e. The van der Waals surface area contributed by atoms with Gasteiger partial charge in [-0.1, -0.05) is 23.7 Å². The van der Waals surface area contributed by atoms with E-state index in [9.17, 15) is 4.79 Å². The molecule has 0 aliphatic carbocycles. The fraction of sp³-hybridized carbons (Fsp3) is 0.333. The highest BCUT2D eigenvalue weighted by molar-refractivity contribution is 6.30. The molecule has 2 heterocycles. The van der Waals surface area contributed by atoms with Crippen molar-refractivity contribution in [1.29, 1.82) is 0 Å². The molecule has 1 aromatic heterocycles. The minimum Gasteiger partial charge on any atom is -0.379 e. The maximum atomic E-state index is 12.3. The number of nitrogens with one attached hydrogen (secondary N) is 1. The highest BCUT2D eigenvalue weighted by Gasteiger charge is 2.23. The molecule has 1 fully saturated rings. The Morgan fingerprint density at radius 3 is 2.50 bits per heavy atom. The lowest BCUT2D eigenvalue weighted by atomic mass is 10.0. The van der Waals surface area contributed by atoms with Crippen LogP contribution in [0.3, 0.4) is 0 Å². The summed E-state index contributed by atoms with van der Waals surface area (Å²) in [5.74, 6) is -0.0929. The molecule has 5 nitrogen and oxygen atoms in total. The van der Waals surface area contributed by atoms with Crippen LogP contribution in [0.25, 0.3) is 0 Å². The molecule has 0 bridgehead atoms. The zero-order chi connectivity index (χ0) is 16.8. The average Bonchev–Trinajstić information content (AvgIpc) is 2.65. The zero-order valence-electron chi connectivity index (χ0n) is 13.3. The first kappa shape index (κ1) is 16.9. The summed E-state index contributed by atoms with van der Waals surface area (Å²) >= 11 is 6.00. The summed E-state index contributed by atoms with van der Waals surface area (Å²) in [5.41, 5.74) is 1.75. The van der Waals surface area contributed by atoms with Crippen molar-refractivity contribution < 1.29 is 9.53 Å². The Bertz CT molecular complexity index is 658. The summed E-state index contributed by atoms with van der Waals surface area (Å²) in [6.07, 6.45) is 3.24. The van der Waals surface area contributed by atoms with Gasteiger partial charge in [0.05, 0.1) is 19.3 Å². The van der Waals surface area contributed by atoms with Crippen molar-refractivity contribution in [2.45, 2.75) is 6.04 Å². The van der Waals surface area contributed by atoms with Gasteiger partial charge in [0, 0.05) is 42.6 Å². The van der Waals surface area contributed by atoms with Crippen molar-refractivity contribution in [2.75, 3.05) is 32.8 Å². The standard InChI is InChI=1S/C18H20ClN3O2/c19-16-3-1-14(2-4-16)17(22-9-11-24-12-10-22)13-21-18(23)15-5-7-20-8-6-15/h1-8,17H,9-13H2,(H,21,23)/t17-/m1/s1. The summed E-state index contributed by atoms with van der Waals surface area (Å²) in [4.78, 5) is 18.6. The van der Waals surface area contributed by atoms with Crippen LogP contribution < -0.4 is 5.32 Å². The summed E-state index contributed by atoms with van der Waals surface area (Å²) in [6.45, 7) is 3.64. The molecule has 0 radical (unpaired) electrons. The number of halogens is 1. The molecule has 0 spiro atoms. The Labute approximate surface area is 146 Å². The number of amides is 1. The minimum atomic E-state index is -0.0929. The number of nitrogens with zero attached hydrogens (tertiary/aromatic N) is 2. The number of pyridine rings is 1. The van der Waals surface area contributed by atoms with Gasteiger partial charge in [-0.15, -0.1) is 0 Å². The number of carbonyl (C=O) groups is 1. The van der Waals surface area contributed by atoms with Crippen LogP contribution in [0.4, 0.5) is 0 Å². The lowest BCUT2D eigenvalue weighted by molar-refractivity contribution is 0.0162. The van der Waals surface area contributed by atoms with Crippen molar-refractivity contribution in [3.63, 3.8) is 0 Å². The molecule has 1 aromatic carbocycles. The molecule has 0 unspecified atom stereocenters. The van der Waals surface area contributed by atoms with Gasteiger partial charge >= 0.3 is 0 Å². The number of benzene rings is 1. The highest BCUT2D eigenvalue weighted by Crippen LogP contribution is 2.23. The second-order valence-electron chi connectivity index (χ2n) is 5.66. The number of hydrogen-bond acceptors (Lipinski definition) is 4. The number of ether oxygens (including phenoxy) is 1. The van der Waals surface area contributed by atoms with E-state index in [0.717, 1.165) is 18.7 Å². The maximum Gasteiger partial charge on any atom is 0.251 e. The number of carbonyl (C=O) groups excluding carboxylic acids is 1. The second kappa shape index (κ2) is 8.24. The van der Waals surface area contributed by atoms with Gasteiger partial charge in [-0.25, -0.2) is 0 Å². The zero-order valence-corrected chi connectivity index (χ0v) is 14.1. The number of aromatic nitrogens is 1. The quantitative estimate of drug-likeness (QED) is 0.904. The van der Waals surface area contributed by atoms with Crippen LogP contribution in [-0.4, -0.2) is 48.6 Å². The van der Waals surface area contributed by atoms with Crippen LogP contribution in [0.1, 0.15) is 22.0 Å². The van der Waals surface area contributed by atoms with Crippen molar-refractivity contribution in [2.24, 2.45) is 0 Å². The second-order valence-corrected chi connectivity index (χ2v) is 6.10. The van der Waals surface area contributed by atoms with Crippen molar-refractivity contribution in [1.82, 2.24) is 15.2 Å². The molecule has 6 heteroatoms. The third kappa shape index (κ3) is 4.32. The lowest BCUT2D eigenvalue weighted by Crippen LogP contribution is -2.43. The minimum absolute atomic E-state index is 0.0929. The molecule has 24 heavy (non-hydrogen) atoms. The van der Waals surface area contributed by atoms with Gasteiger partial charge in [0.25, 0.3) is 5.91 Å². The van der Waals surface area contributed by atoms with E-state index in [4.69, 9.17) is 16.3 Å². The number of rotatable bonds is 5. The third-order valence-electron chi connectivity index (χ3n) is 4.14. The summed E-state index contributed by atoms with van der Waals surface area (Å²) in [7, 11) is 0. The third-order valence-corrected chi connectivity index (χ3v) is 4.39. The predicted molar refractivity (Wildman–Crippen MR) is 93.2 cm³/mol. The fourth-order valence-electron chi connectivity index (χ4n) is 2.83. The van der Waals surface area contributed by atoms with Gasteiger partial charge in [0.1, 0.15) is 0 Å². The van der Waals surface area contributed by atoms with E-state index in [-0.39, 0.29) is 11.9 Å². The Morgan fingerprint density at radius 1 is 1.17 bits per heavy atom. The predicted octanol–water partition coefficient (Wildman–Crippen LogP) is 2.54. The van der Waals surface area contributed by atoms with Crippen LogP contribution in [0.15, 0.2) is 48.8 Å². The van der Waals surface area contributed by atoms with E-state index in [0.29, 0.717) is 30.3 Å². The van der Waals surface area contributed by atoms with Gasteiger partial charge in [-0.05, 0) is 29.8 Å². The molecule has 1 saturated heterocycles. The van der Waals surface area contributed by atoms with Crippen LogP contribution in [0.5, 0.6) is 0 Å². The summed E-state index contributed by atoms with van der Waals surface area (Å²) in [5, 5.41) is 3.74. The van der Waals surface area contributed by atoms with E-state index in [2.05, 4.69) is 15.2 Å². The molecule has 1 aliphatic rings. The first-order chi connectivity index (χ1) is 11.7. The van der Waals surface area contributed by atoms with E-state index >= 15 is 0 Å². The molecule has 1 atom stereocenters. The Balaban J connectivity index is 1.72. The Hall–Kier alpha value is -1.95. The van der Waals surface area contributed by atoms with Gasteiger partial charge in [0.15, 0.2) is 0 Å². The average molecular weight is 346 g/mol. The topological polar surface area (TPSA) is 54.5 Å². The van der Waals surface area contributed by atoms with Gasteiger partial charge in [0.2, 0.25) is 0 Å². The molecule has 3 rings (SSSR count). The molecule has 2 aromatic rings. The van der Waals surface area contributed by atoms with E-state index in [1.54, 1.807) is 24.5 Å². The molecule has 0 saturated carbocycles. The molecule has 1 aliphatic heterocycles. The van der Waals surface area contributed by atoms with Crippen LogP contribution in [-0.2, 0) is 4.74 Å². The largest absolute Gasteiger partial charge is 0.379 e. The fourth-order valence-corrected chi connectivity index (χ4v) is 2.95. The van der Waals surface area contributed by atoms with Gasteiger partial charge in [-0.3, -0.25) is 14.7 Å².